The molecule has 2 atom stereocenters. The number of likely N-dealkylation sites (tertiary alicyclic amines) is 1. The molecule has 9 heteroatoms. The van der Waals surface area contributed by atoms with Crippen LogP contribution < -0.4 is 5.32 Å². The maximum absolute atomic E-state index is 13.5. The molecule has 0 aliphatic carbocycles. The number of carbonyl (C=O) groups excluding carboxylic acids is 3. The number of amides is 4. The summed E-state index contributed by atoms with van der Waals surface area (Å²) in [5.74, 6) is -0.389. The number of hydrogen-bond donors (Lipinski definition) is 1. The van der Waals surface area contributed by atoms with Gasteiger partial charge in [-0.3, -0.25) is 9.59 Å². The lowest BCUT2D eigenvalue weighted by atomic mass is 9.72. The van der Waals surface area contributed by atoms with Gasteiger partial charge < -0.3 is 24.3 Å². The Bertz CT molecular complexity index is 1110. The van der Waals surface area contributed by atoms with Crippen LogP contribution in [0.15, 0.2) is 34.9 Å². The van der Waals surface area contributed by atoms with Crippen LogP contribution in [0.3, 0.4) is 0 Å². The fraction of sp³-hybridized carbons (Fsp3) is 0.633. The first-order valence-corrected chi connectivity index (χ1v) is 14.5. The second kappa shape index (κ2) is 13.9. The summed E-state index contributed by atoms with van der Waals surface area (Å²) >= 11 is 0. The predicted molar refractivity (Wildman–Crippen MR) is 152 cm³/mol. The van der Waals surface area contributed by atoms with Gasteiger partial charge in [0.15, 0.2) is 6.23 Å². The smallest absolute Gasteiger partial charge is 0.326 e. The Balaban J connectivity index is 1.72. The molecule has 1 fully saturated rings. The van der Waals surface area contributed by atoms with Gasteiger partial charge in [0.1, 0.15) is 12.2 Å². The molecule has 3 rings (SSSR count). The molecular weight excluding hydrogens is 496 g/mol. The highest BCUT2D eigenvalue weighted by Gasteiger charge is 2.62. The highest BCUT2D eigenvalue weighted by molar-refractivity contribution is 6.03. The summed E-state index contributed by atoms with van der Waals surface area (Å²) in [6, 6.07) is 6.97. The van der Waals surface area contributed by atoms with Crippen LogP contribution in [0.4, 0.5) is 4.79 Å². The third-order valence-corrected chi connectivity index (χ3v) is 8.27. The van der Waals surface area contributed by atoms with Crippen molar-refractivity contribution in [2.24, 2.45) is 5.41 Å². The normalized spacial score (nSPS) is 17.4. The average Bonchev–Trinajstić information content (AvgIpc) is 3.42. The van der Waals surface area contributed by atoms with Crippen molar-refractivity contribution in [3.8, 4) is 0 Å². The molecule has 216 valence electrons. The van der Waals surface area contributed by atoms with Gasteiger partial charge in [-0.2, -0.15) is 0 Å². The molecule has 39 heavy (non-hydrogen) atoms. The van der Waals surface area contributed by atoms with Crippen LogP contribution in [0.1, 0.15) is 78.8 Å². The van der Waals surface area contributed by atoms with Gasteiger partial charge in [0.05, 0.1) is 17.7 Å². The van der Waals surface area contributed by atoms with E-state index < -0.39 is 17.7 Å². The van der Waals surface area contributed by atoms with Crippen molar-refractivity contribution < 1.29 is 23.5 Å². The minimum Gasteiger partial charge on any atom is -0.464 e. The number of fused-ring (bicyclic) bond motifs is 1. The number of benzene rings is 1. The topological polar surface area (TPSA) is 95.3 Å². The highest BCUT2D eigenvalue weighted by atomic mass is 16.5. The number of β-lactam (4-membered cyclic amide) rings is 1. The number of imide groups is 1. The first-order chi connectivity index (χ1) is 18.8. The van der Waals surface area contributed by atoms with Crippen molar-refractivity contribution in [2.45, 2.75) is 79.5 Å². The minimum absolute atomic E-state index is 0.136. The summed E-state index contributed by atoms with van der Waals surface area (Å²) < 4.78 is 11.6. The molecular formula is C30H46N4O5. The van der Waals surface area contributed by atoms with E-state index in [9.17, 15) is 14.4 Å². The Kier molecular flexibility index (Phi) is 10.9. The average molecular weight is 543 g/mol. The molecule has 2 heterocycles. The van der Waals surface area contributed by atoms with Gasteiger partial charge in [0, 0.05) is 25.0 Å². The van der Waals surface area contributed by atoms with E-state index in [4.69, 9.17) is 9.15 Å². The maximum Gasteiger partial charge on any atom is 0.326 e. The Morgan fingerprint density at radius 1 is 1.05 bits per heavy atom. The lowest BCUT2D eigenvalue weighted by molar-refractivity contribution is -0.212. The molecule has 1 saturated heterocycles. The molecule has 9 nitrogen and oxygen atoms in total. The van der Waals surface area contributed by atoms with E-state index in [1.54, 1.807) is 11.2 Å². The Morgan fingerprint density at radius 2 is 1.77 bits per heavy atom. The number of furan rings is 1. The molecule has 1 aromatic heterocycles. The zero-order chi connectivity index (χ0) is 28.6. The summed E-state index contributed by atoms with van der Waals surface area (Å²) in [4.78, 5) is 45.1. The summed E-state index contributed by atoms with van der Waals surface area (Å²) in [6.45, 7) is 15.7. The molecule has 0 spiro atoms. The van der Waals surface area contributed by atoms with Gasteiger partial charge in [0.25, 0.3) is 0 Å². The molecule has 0 bridgehead atoms. The van der Waals surface area contributed by atoms with Crippen LogP contribution in [0, 0.1) is 5.41 Å². The van der Waals surface area contributed by atoms with E-state index in [0.717, 1.165) is 42.6 Å². The van der Waals surface area contributed by atoms with Crippen LogP contribution >= 0.6 is 0 Å². The number of hydrogen-bond acceptors (Lipinski definition) is 6. The largest absolute Gasteiger partial charge is 0.464 e. The minimum atomic E-state index is -0.814. The molecule has 4 amide bonds. The fourth-order valence-corrected chi connectivity index (χ4v) is 5.50. The standard InChI is InChI=1S/C30H46N4O5/c1-7-13-24(22-14-15-25-23(20-22)16-19-38-25)31-29(37)34-27(36)30(8-2,9-3)28(34)39-21-26(35)33(12-6)18-17-32(10-4)11-5/h14-16,19-20,24,28H,7-13,17-18,21H2,1-6H3,(H,31,37)/t24-,28+/m1/s1. The lowest BCUT2D eigenvalue weighted by Crippen LogP contribution is -2.72. The third kappa shape index (κ3) is 6.47. The highest BCUT2D eigenvalue weighted by Crippen LogP contribution is 2.46. The van der Waals surface area contributed by atoms with Gasteiger partial charge in [-0.05, 0) is 63.0 Å². The van der Waals surface area contributed by atoms with Gasteiger partial charge in [0.2, 0.25) is 11.8 Å². The van der Waals surface area contributed by atoms with E-state index in [1.807, 2.05) is 45.0 Å². The molecule has 0 unspecified atom stereocenters. The van der Waals surface area contributed by atoms with Crippen molar-refractivity contribution >= 4 is 28.8 Å². The number of urea groups is 1. The van der Waals surface area contributed by atoms with E-state index in [0.29, 0.717) is 32.4 Å². The number of likely N-dealkylation sites (N-methyl/N-ethyl adjacent to an activating group) is 2. The SMILES string of the molecule is CCC[C@@H](NC(=O)N1C(=O)C(CC)(CC)[C@@H]1OCC(=O)N(CC)CCN(CC)CC)c1ccc2occc2c1. The second-order valence-electron chi connectivity index (χ2n) is 10.2. The molecule has 1 aliphatic rings. The Hall–Kier alpha value is -2.91. The van der Waals surface area contributed by atoms with Gasteiger partial charge in [-0.1, -0.05) is 47.1 Å². The van der Waals surface area contributed by atoms with E-state index in [2.05, 4.69) is 31.0 Å². The van der Waals surface area contributed by atoms with Gasteiger partial charge in [-0.25, -0.2) is 9.69 Å². The van der Waals surface area contributed by atoms with Crippen molar-refractivity contribution in [3.63, 3.8) is 0 Å². The molecule has 1 aromatic carbocycles. The first-order valence-electron chi connectivity index (χ1n) is 14.5. The summed E-state index contributed by atoms with van der Waals surface area (Å²) in [5.41, 5.74) is 0.917. The number of rotatable bonds is 15. The number of nitrogens with one attached hydrogen (secondary N) is 1. The van der Waals surface area contributed by atoms with Crippen LogP contribution in [-0.2, 0) is 14.3 Å². The van der Waals surface area contributed by atoms with Crippen LogP contribution in [0.25, 0.3) is 11.0 Å². The number of nitrogens with zero attached hydrogens (tertiary/aromatic N) is 3. The predicted octanol–water partition coefficient (Wildman–Crippen LogP) is 5.17. The van der Waals surface area contributed by atoms with Crippen molar-refractivity contribution in [2.75, 3.05) is 39.3 Å². The number of carbonyl (C=O) groups is 3. The monoisotopic (exact) mass is 542 g/mol. The summed E-state index contributed by atoms with van der Waals surface area (Å²) in [5, 5.41) is 4.02. The third-order valence-electron chi connectivity index (χ3n) is 8.27. The summed E-state index contributed by atoms with van der Waals surface area (Å²) in [6.07, 6.45) is 3.47. The zero-order valence-corrected chi connectivity index (χ0v) is 24.5. The van der Waals surface area contributed by atoms with Gasteiger partial charge >= 0.3 is 6.03 Å². The van der Waals surface area contributed by atoms with Crippen molar-refractivity contribution in [1.82, 2.24) is 20.0 Å². The fourth-order valence-electron chi connectivity index (χ4n) is 5.50. The molecule has 1 aliphatic heterocycles. The van der Waals surface area contributed by atoms with E-state index in [1.165, 1.54) is 4.90 Å². The second-order valence-corrected chi connectivity index (χ2v) is 10.2. The van der Waals surface area contributed by atoms with Crippen LogP contribution in [0.2, 0.25) is 0 Å². The zero-order valence-electron chi connectivity index (χ0n) is 24.5. The Labute approximate surface area is 232 Å². The van der Waals surface area contributed by atoms with E-state index >= 15 is 0 Å². The molecule has 0 saturated carbocycles. The maximum atomic E-state index is 13.5. The molecule has 0 radical (unpaired) electrons. The van der Waals surface area contributed by atoms with Gasteiger partial charge in [-0.15, -0.1) is 0 Å². The first kappa shape index (κ1) is 30.6. The van der Waals surface area contributed by atoms with Crippen molar-refractivity contribution in [3.05, 3.63) is 36.1 Å². The lowest BCUT2D eigenvalue weighted by Gasteiger charge is -2.53. The van der Waals surface area contributed by atoms with Crippen LogP contribution in [-0.4, -0.2) is 78.1 Å². The number of ether oxygens (including phenoxy) is 1. The van der Waals surface area contributed by atoms with Crippen molar-refractivity contribution in [1.29, 1.82) is 0 Å². The molecule has 2 aromatic rings. The Morgan fingerprint density at radius 3 is 2.38 bits per heavy atom. The van der Waals surface area contributed by atoms with E-state index in [-0.39, 0.29) is 24.5 Å². The quantitative estimate of drug-likeness (QED) is 0.312. The molecule has 1 N–H and O–H groups in total. The van der Waals surface area contributed by atoms with Crippen LogP contribution in [0.5, 0.6) is 0 Å². The summed E-state index contributed by atoms with van der Waals surface area (Å²) in [7, 11) is 0.